The van der Waals surface area contributed by atoms with Gasteiger partial charge in [-0.3, -0.25) is 4.90 Å². The summed E-state index contributed by atoms with van der Waals surface area (Å²) in [6.45, 7) is 6.85. The van der Waals surface area contributed by atoms with E-state index in [0.717, 1.165) is 26.1 Å². The first-order valence-electron chi connectivity index (χ1n) is 9.58. The van der Waals surface area contributed by atoms with Crippen molar-refractivity contribution >= 4 is 0 Å². The van der Waals surface area contributed by atoms with Crippen LogP contribution >= 0.6 is 0 Å². The summed E-state index contributed by atoms with van der Waals surface area (Å²) >= 11 is 0. The summed E-state index contributed by atoms with van der Waals surface area (Å²) in [5.41, 5.74) is 9.15. The summed E-state index contributed by atoms with van der Waals surface area (Å²) in [4.78, 5) is 5.13. The van der Waals surface area contributed by atoms with Gasteiger partial charge in [0.1, 0.15) is 0 Å². The summed E-state index contributed by atoms with van der Waals surface area (Å²) in [6.07, 6.45) is 3.40. The van der Waals surface area contributed by atoms with Crippen molar-refractivity contribution in [2.45, 2.75) is 25.3 Å². The van der Waals surface area contributed by atoms with Gasteiger partial charge < -0.3 is 10.6 Å². The molecule has 0 amide bonds. The summed E-state index contributed by atoms with van der Waals surface area (Å²) in [6, 6.07) is 21.6. The van der Waals surface area contributed by atoms with Crippen molar-refractivity contribution in [3.63, 3.8) is 0 Å². The van der Waals surface area contributed by atoms with Gasteiger partial charge in [-0.25, -0.2) is 0 Å². The Balaban J connectivity index is 1.31. The quantitative estimate of drug-likeness (QED) is 0.804. The molecule has 2 N–H and O–H groups in total. The Morgan fingerprint density at radius 3 is 1.96 bits per heavy atom. The Labute approximate surface area is 152 Å². The summed E-state index contributed by atoms with van der Waals surface area (Å²) in [5, 5.41) is 0. The van der Waals surface area contributed by atoms with Crippen LogP contribution in [-0.4, -0.2) is 55.1 Å². The zero-order valence-corrected chi connectivity index (χ0v) is 15.2. The van der Waals surface area contributed by atoms with Crippen LogP contribution in [0, 0.1) is 0 Å². The molecule has 1 heterocycles. The van der Waals surface area contributed by atoms with Gasteiger partial charge in [0, 0.05) is 38.8 Å². The van der Waals surface area contributed by atoms with E-state index < -0.39 is 0 Å². The third kappa shape index (κ3) is 6.28. The lowest BCUT2D eigenvalue weighted by molar-refractivity contribution is 0.126. The van der Waals surface area contributed by atoms with Crippen LogP contribution in [0.1, 0.15) is 17.5 Å². The first kappa shape index (κ1) is 18.1. The van der Waals surface area contributed by atoms with Crippen LogP contribution in [0.25, 0.3) is 0 Å². The standard InChI is InChI=1S/C22H31N3/c23-22(18-21-10-5-2-6-11-21)19-25-16-14-24(15-17-25)13-7-12-20-8-3-1-4-9-20/h1-6,8-11,22H,7,12-19,23H2/t22-/m0/s1. The van der Waals surface area contributed by atoms with Crippen LogP contribution in [0.2, 0.25) is 0 Å². The molecule has 1 atom stereocenters. The zero-order chi connectivity index (χ0) is 17.3. The van der Waals surface area contributed by atoms with Crippen LogP contribution in [0.3, 0.4) is 0 Å². The average molecular weight is 338 g/mol. The highest BCUT2D eigenvalue weighted by Crippen LogP contribution is 2.08. The predicted octanol–water partition coefficient (Wildman–Crippen LogP) is 2.81. The highest BCUT2D eigenvalue weighted by atomic mass is 15.3. The first-order valence-corrected chi connectivity index (χ1v) is 9.58. The highest BCUT2D eigenvalue weighted by Gasteiger charge is 2.18. The average Bonchev–Trinajstić information content (AvgIpc) is 2.65. The van der Waals surface area contributed by atoms with Crippen LogP contribution in [-0.2, 0) is 12.8 Å². The molecule has 1 aliphatic heterocycles. The smallest absolute Gasteiger partial charge is 0.0208 e. The number of hydrogen-bond donors (Lipinski definition) is 1. The molecule has 0 radical (unpaired) electrons. The van der Waals surface area contributed by atoms with Gasteiger partial charge >= 0.3 is 0 Å². The Kier molecular flexibility index (Phi) is 7.04. The monoisotopic (exact) mass is 337 g/mol. The zero-order valence-electron chi connectivity index (χ0n) is 15.2. The van der Waals surface area contributed by atoms with Crippen LogP contribution in [0.5, 0.6) is 0 Å². The van der Waals surface area contributed by atoms with Crippen molar-refractivity contribution < 1.29 is 0 Å². The molecule has 1 aliphatic rings. The van der Waals surface area contributed by atoms with Gasteiger partial charge in [-0.2, -0.15) is 0 Å². The van der Waals surface area contributed by atoms with E-state index in [1.54, 1.807) is 0 Å². The second kappa shape index (κ2) is 9.71. The molecule has 134 valence electrons. The Hall–Kier alpha value is -1.68. The molecular formula is C22H31N3. The van der Waals surface area contributed by atoms with Crippen molar-refractivity contribution in [3.05, 3.63) is 71.8 Å². The highest BCUT2D eigenvalue weighted by molar-refractivity contribution is 5.16. The van der Waals surface area contributed by atoms with E-state index in [0.29, 0.717) is 0 Å². The van der Waals surface area contributed by atoms with Crippen molar-refractivity contribution in [3.8, 4) is 0 Å². The molecule has 2 aromatic rings. The molecule has 0 aliphatic carbocycles. The largest absolute Gasteiger partial charge is 0.326 e. The molecule has 3 nitrogen and oxygen atoms in total. The van der Waals surface area contributed by atoms with Crippen LogP contribution in [0.15, 0.2) is 60.7 Å². The summed E-state index contributed by atoms with van der Waals surface area (Å²) in [5.74, 6) is 0. The molecule has 0 saturated carbocycles. The third-order valence-corrected chi connectivity index (χ3v) is 5.08. The van der Waals surface area contributed by atoms with E-state index >= 15 is 0 Å². The van der Waals surface area contributed by atoms with Crippen molar-refractivity contribution in [2.75, 3.05) is 39.3 Å². The second-order valence-electron chi connectivity index (χ2n) is 7.18. The van der Waals surface area contributed by atoms with Crippen LogP contribution in [0.4, 0.5) is 0 Å². The first-order chi connectivity index (χ1) is 12.3. The number of nitrogens with two attached hydrogens (primary N) is 1. The molecule has 25 heavy (non-hydrogen) atoms. The number of aryl methyl sites for hydroxylation is 1. The Bertz CT molecular complexity index is 591. The van der Waals surface area contributed by atoms with Gasteiger partial charge in [0.15, 0.2) is 0 Å². The molecule has 0 unspecified atom stereocenters. The lowest BCUT2D eigenvalue weighted by atomic mass is 10.1. The maximum absolute atomic E-state index is 6.36. The fourth-order valence-corrected chi connectivity index (χ4v) is 3.66. The maximum atomic E-state index is 6.36. The molecule has 0 spiro atoms. The minimum absolute atomic E-state index is 0.229. The Morgan fingerprint density at radius 1 is 0.760 bits per heavy atom. The van der Waals surface area contributed by atoms with E-state index in [2.05, 4.69) is 70.5 Å². The topological polar surface area (TPSA) is 32.5 Å². The number of hydrogen-bond acceptors (Lipinski definition) is 3. The Morgan fingerprint density at radius 2 is 1.32 bits per heavy atom. The van der Waals surface area contributed by atoms with Gasteiger partial charge in [0.05, 0.1) is 0 Å². The minimum Gasteiger partial charge on any atom is -0.326 e. The molecule has 2 aromatic carbocycles. The van der Waals surface area contributed by atoms with E-state index in [4.69, 9.17) is 5.73 Å². The number of nitrogens with zero attached hydrogens (tertiary/aromatic N) is 2. The van der Waals surface area contributed by atoms with Gasteiger partial charge in [-0.15, -0.1) is 0 Å². The van der Waals surface area contributed by atoms with Gasteiger partial charge in [-0.05, 0) is 36.9 Å². The van der Waals surface area contributed by atoms with Crippen molar-refractivity contribution in [1.29, 1.82) is 0 Å². The molecule has 0 bridgehead atoms. The molecule has 3 rings (SSSR count). The van der Waals surface area contributed by atoms with Gasteiger partial charge in [0.2, 0.25) is 0 Å². The fourth-order valence-electron chi connectivity index (χ4n) is 3.66. The maximum Gasteiger partial charge on any atom is 0.0208 e. The van der Waals surface area contributed by atoms with E-state index in [9.17, 15) is 0 Å². The summed E-state index contributed by atoms with van der Waals surface area (Å²) < 4.78 is 0. The number of benzene rings is 2. The van der Waals surface area contributed by atoms with Gasteiger partial charge in [-0.1, -0.05) is 60.7 Å². The minimum atomic E-state index is 0.229. The lowest BCUT2D eigenvalue weighted by Gasteiger charge is -2.36. The normalized spacial score (nSPS) is 17.5. The van der Waals surface area contributed by atoms with E-state index in [-0.39, 0.29) is 6.04 Å². The third-order valence-electron chi connectivity index (χ3n) is 5.08. The SMILES string of the molecule is N[C@@H](Cc1ccccc1)CN1CCN(CCCc2ccccc2)CC1. The molecule has 1 fully saturated rings. The summed E-state index contributed by atoms with van der Waals surface area (Å²) in [7, 11) is 0. The van der Waals surface area contributed by atoms with Crippen molar-refractivity contribution in [2.24, 2.45) is 5.73 Å². The molecule has 3 heteroatoms. The second-order valence-corrected chi connectivity index (χ2v) is 7.18. The van der Waals surface area contributed by atoms with Crippen molar-refractivity contribution in [1.82, 2.24) is 9.80 Å². The van der Waals surface area contributed by atoms with E-state index in [1.807, 2.05) is 0 Å². The van der Waals surface area contributed by atoms with Crippen LogP contribution < -0.4 is 5.73 Å². The lowest BCUT2D eigenvalue weighted by Crippen LogP contribution is -2.50. The molecule has 0 aromatic heterocycles. The number of piperazine rings is 1. The fraction of sp³-hybridized carbons (Fsp3) is 0.455. The number of rotatable bonds is 8. The molecule has 1 saturated heterocycles. The molecular weight excluding hydrogens is 306 g/mol. The predicted molar refractivity (Wildman–Crippen MR) is 106 cm³/mol. The van der Waals surface area contributed by atoms with E-state index in [1.165, 1.54) is 43.6 Å². The van der Waals surface area contributed by atoms with Gasteiger partial charge in [0.25, 0.3) is 0 Å².